The molecule has 0 aliphatic heterocycles. The summed E-state index contributed by atoms with van der Waals surface area (Å²) >= 11 is 0. The fraction of sp³-hybridized carbons (Fsp3) is 0.625. The van der Waals surface area contributed by atoms with Gasteiger partial charge < -0.3 is 10.1 Å². The van der Waals surface area contributed by atoms with Crippen molar-refractivity contribution < 1.29 is 4.74 Å². The van der Waals surface area contributed by atoms with Gasteiger partial charge in [-0.2, -0.15) is 15.0 Å². The van der Waals surface area contributed by atoms with E-state index < -0.39 is 0 Å². The maximum absolute atomic E-state index is 5.21. The summed E-state index contributed by atoms with van der Waals surface area (Å²) in [7, 11) is 5.44. The van der Waals surface area contributed by atoms with Crippen LogP contribution in [0.2, 0.25) is 0 Å². The Bertz CT molecular complexity index is 316. The fourth-order valence-electron chi connectivity index (χ4n) is 0.912. The highest BCUT2D eigenvalue weighted by Gasteiger charge is 2.06. The van der Waals surface area contributed by atoms with Crippen LogP contribution in [0.4, 0.5) is 11.9 Å². The minimum atomic E-state index is 0.307. The van der Waals surface area contributed by atoms with Crippen molar-refractivity contribution in [1.82, 2.24) is 20.0 Å². The van der Waals surface area contributed by atoms with Gasteiger partial charge in [-0.15, -0.1) is 0 Å². The van der Waals surface area contributed by atoms with Crippen molar-refractivity contribution in [2.45, 2.75) is 6.92 Å². The Hall–Kier alpha value is -1.63. The molecule has 1 aromatic heterocycles. The van der Waals surface area contributed by atoms with Crippen molar-refractivity contribution in [3.8, 4) is 6.01 Å². The second kappa shape index (κ2) is 5.30. The standard InChI is InChI=1S/C8H16N6O/c1-5-15-8-11-6(9-2)10-7(12-8)13-14(3)4/h5H2,1-4H3,(H2,9,10,11,12,13). The summed E-state index contributed by atoms with van der Waals surface area (Å²) in [5.41, 5.74) is 2.93. The molecular weight excluding hydrogens is 196 g/mol. The van der Waals surface area contributed by atoms with Crippen LogP contribution in [-0.2, 0) is 0 Å². The van der Waals surface area contributed by atoms with Gasteiger partial charge in [0.15, 0.2) is 0 Å². The fourth-order valence-corrected chi connectivity index (χ4v) is 0.912. The van der Waals surface area contributed by atoms with Gasteiger partial charge in [0.05, 0.1) is 6.61 Å². The van der Waals surface area contributed by atoms with Crippen LogP contribution in [0.5, 0.6) is 6.01 Å². The number of ether oxygens (including phenoxy) is 1. The number of rotatable bonds is 5. The van der Waals surface area contributed by atoms with E-state index in [2.05, 4.69) is 25.7 Å². The van der Waals surface area contributed by atoms with Crippen molar-refractivity contribution >= 4 is 11.9 Å². The molecule has 15 heavy (non-hydrogen) atoms. The lowest BCUT2D eigenvalue weighted by atomic mass is 10.8. The highest BCUT2D eigenvalue weighted by molar-refractivity contribution is 5.34. The molecule has 7 nitrogen and oxygen atoms in total. The Morgan fingerprint density at radius 2 is 1.87 bits per heavy atom. The van der Waals surface area contributed by atoms with Gasteiger partial charge in [-0.25, -0.2) is 5.01 Å². The predicted molar refractivity (Wildman–Crippen MR) is 57.9 cm³/mol. The number of hydrazine groups is 1. The molecule has 0 saturated carbocycles. The van der Waals surface area contributed by atoms with Crippen LogP contribution >= 0.6 is 0 Å². The van der Waals surface area contributed by atoms with E-state index in [0.717, 1.165) is 0 Å². The maximum atomic E-state index is 5.21. The summed E-state index contributed by atoms with van der Waals surface area (Å²) in [6.07, 6.45) is 0. The van der Waals surface area contributed by atoms with Crippen LogP contribution in [-0.4, -0.2) is 47.7 Å². The normalized spacial score (nSPS) is 10.2. The monoisotopic (exact) mass is 212 g/mol. The summed E-state index contributed by atoms with van der Waals surface area (Å²) in [6, 6.07) is 0.307. The van der Waals surface area contributed by atoms with Crippen molar-refractivity contribution in [3.63, 3.8) is 0 Å². The number of hydrogen-bond donors (Lipinski definition) is 2. The van der Waals surface area contributed by atoms with E-state index in [4.69, 9.17) is 4.74 Å². The van der Waals surface area contributed by atoms with Gasteiger partial charge in [0.1, 0.15) is 0 Å². The summed E-state index contributed by atoms with van der Waals surface area (Å²) in [6.45, 7) is 2.40. The highest BCUT2D eigenvalue weighted by atomic mass is 16.5. The number of nitrogens with one attached hydrogen (secondary N) is 2. The van der Waals surface area contributed by atoms with E-state index in [0.29, 0.717) is 24.5 Å². The molecule has 7 heteroatoms. The third kappa shape index (κ3) is 3.55. The number of hydrogen-bond acceptors (Lipinski definition) is 7. The molecule has 0 aromatic carbocycles. The number of aromatic nitrogens is 3. The molecule has 0 saturated heterocycles. The molecule has 0 radical (unpaired) electrons. The van der Waals surface area contributed by atoms with Gasteiger partial charge in [0.25, 0.3) is 0 Å². The average Bonchev–Trinajstić information content (AvgIpc) is 2.16. The summed E-state index contributed by atoms with van der Waals surface area (Å²) in [5, 5.41) is 4.58. The molecule has 2 N–H and O–H groups in total. The van der Waals surface area contributed by atoms with Crippen LogP contribution in [0.15, 0.2) is 0 Å². The zero-order valence-electron chi connectivity index (χ0n) is 9.40. The average molecular weight is 212 g/mol. The predicted octanol–water partition coefficient (Wildman–Crippen LogP) is 0.200. The second-order valence-electron chi connectivity index (χ2n) is 2.95. The molecule has 0 bridgehead atoms. The molecule has 0 spiro atoms. The van der Waals surface area contributed by atoms with Crippen LogP contribution < -0.4 is 15.5 Å². The third-order valence-corrected chi connectivity index (χ3v) is 1.44. The third-order valence-electron chi connectivity index (χ3n) is 1.44. The maximum Gasteiger partial charge on any atom is 0.323 e. The zero-order valence-corrected chi connectivity index (χ0v) is 9.40. The molecule has 0 fully saturated rings. The van der Waals surface area contributed by atoms with Crippen LogP contribution in [0, 0.1) is 0 Å². The minimum Gasteiger partial charge on any atom is -0.464 e. The number of nitrogens with zero attached hydrogens (tertiary/aromatic N) is 4. The topological polar surface area (TPSA) is 75.2 Å². The highest BCUT2D eigenvalue weighted by Crippen LogP contribution is 2.10. The van der Waals surface area contributed by atoms with Crippen LogP contribution in [0.1, 0.15) is 6.92 Å². The first-order valence-corrected chi connectivity index (χ1v) is 4.66. The molecule has 1 heterocycles. The Labute approximate surface area is 88.9 Å². The zero-order chi connectivity index (χ0) is 11.3. The molecule has 1 rings (SSSR count). The second-order valence-corrected chi connectivity index (χ2v) is 2.95. The van der Waals surface area contributed by atoms with E-state index in [9.17, 15) is 0 Å². The first-order valence-electron chi connectivity index (χ1n) is 4.66. The van der Waals surface area contributed by atoms with E-state index in [1.54, 1.807) is 12.1 Å². The molecule has 0 aliphatic carbocycles. The Balaban J connectivity index is 2.89. The van der Waals surface area contributed by atoms with Crippen LogP contribution in [0.3, 0.4) is 0 Å². The lowest BCUT2D eigenvalue weighted by Crippen LogP contribution is -2.22. The molecule has 0 atom stereocenters. The Morgan fingerprint density at radius 3 is 2.40 bits per heavy atom. The largest absolute Gasteiger partial charge is 0.464 e. The van der Waals surface area contributed by atoms with Crippen molar-refractivity contribution in [1.29, 1.82) is 0 Å². The smallest absolute Gasteiger partial charge is 0.323 e. The molecule has 1 aromatic rings. The van der Waals surface area contributed by atoms with Gasteiger partial charge >= 0.3 is 6.01 Å². The summed E-state index contributed by atoms with van der Waals surface area (Å²) < 4.78 is 5.21. The first kappa shape index (κ1) is 11.4. The van der Waals surface area contributed by atoms with Crippen LogP contribution in [0.25, 0.3) is 0 Å². The van der Waals surface area contributed by atoms with Gasteiger partial charge in [-0.1, -0.05) is 0 Å². The van der Waals surface area contributed by atoms with Crippen molar-refractivity contribution in [2.75, 3.05) is 38.5 Å². The van der Waals surface area contributed by atoms with Gasteiger partial charge in [0.2, 0.25) is 11.9 Å². The Kier molecular flexibility index (Phi) is 4.04. The summed E-state index contributed by atoms with van der Waals surface area (Å²) in [5.74, 6) is 0.917. The van der Waals surface area contributed by atoms with Gasteiger partial charge in [-0.3, -0.25) is 5.43 Å². The SMILES string of the molecule is CCOc1nc(NC)nc(NN(C)C)n1. The molecular formula is C8H16N6O. The summed E-state index contributed by atoms with van der Waals surface area (Å²) in [4.78, 5) is 12.2. The van der Waals surface area contributed by atoms with Gasteiger partial charge in [0, 0.05) is 21.1 Å². The quantitative estimate of drug-likeness (QED) is 0.675. The van der Waals surface area contributed by atoms with E-state index >= 15 is 0 Å². The lowest BCUT2D eigenvalue weighted by molar-refractivity contribution is 0.311. The number of anilines is 2. The Morgan fingerprint density at radius 1 is 1.20 bits per heavy atom. The molecule has 0 aliphatic rings. The minimum absolute atomic E-state index is 0.307. The first-order chi connectivity index (χ1) is 7.15. The van der Waals surface area contributed by atoms with Crippen molar-refractivity contribution in [3.05, 3.63) is 0 Å². The molecule has 0 unspecified atom stereocenters. The molecule has 0 amide bonds. The molecule has 84 valence electrons. The lowest BCUT2D eigenvalue weighted by Gasteiger charge is -2.12. The van der Waals surface area contributed by atoms with E-state index in [-0.39, 0.29) is 0 Å². The van der Waals surface area contributed by atoms with Crippen molar-refractivity contribution in [2.24, 2.45) is 0 Å². The van der Waals surface area contributed by atoms with E-state index in [1.165, 1.54) is 0 Å². The van der Waals surface area contributed by atoms with Gasteiger partial charge in [-0.05, 0) is 6.92 Å². The van der Waals surface area contributed by atoms with E-state index in [1.807, 2.05) is 21.0 Å².